The van der Waals surface area contributed by atoms with E-state index in [0.29, 0.717) is 41.1 Å². The van der Waals surface area contributed by atoms with Crippen LogP contribution in [0.2, 0.25) is 0 Å². The molecule has 3 aromatic rings. The molecule has 1 aromatic heterocycles. The van der Waals surface area contributed by atoms with E-state index in [0.717, 1.165) is 0 Å². The molecule has 1 heterocycles. The van der Waals surface area contributed by atoms with Crippen LogP contribution >= 0.6 is 0 Å². The Kier molecular flexibility index (Phi) is 6.23. The summed E-state index contributed by atoms with van der Waals surface area (Å²) < 4.78 is 11.5. The molecule has 0 radical (unpaired) electrons. The molecule has 2 N–H and O–H groups in total. The molecular weight excluding hydrogens is 360 g/mol. The zero-order valence-electron chi connectivity index (χ0n) is 15.8. The number of fused-ring (bicyclic) bond motifs is 1. The summed E-state index contributed by atoms with van der Waals surface area (Å²) in [6.45, 7) is 0.886. The monoisotopic (exact) mass is 382 g/mol. The number of anilines is 1. The van der Waals surface area contributed by atoms with Gasteiger partial charge in [0.15, 0.2) is 0 Å². The van der Waals surface area contributed by atoms with Crippen LogP contribution in [0.15, 0.2) is 53.3 Å². The van der Waals surface area contributed by atoms with E-state index in [1.54, 1.807) is 50.6 Å². The van der Waals surface area contributed by atoms with E-state index in [-0.39, 0.29) is 18.1 Å². The molecule has 3 rings (SSSR count). The second-order valence-corrected chi connectivity index (χ2v) is 6.05. The Bertz CT molecular complexity index is 1010. The maximum atomic E-state index is 12.6. The molecule has 0 saturated heterocycles. The summed E-state index contributed by atoms with van der Waals surface area (Å²) in [5.41, 5.74) is 1.07. The zero-order chi connectivity index (χ0) is 19.9. The SMILES string of the molecule is COCCn1nc(CNC(=O)Nc2ccc(OC)cc2)c2ccccc2c1=O. The number of aromatic nitrogens is 2. The number of rotatable bonds is 7. The van der Waals surface area contributed by atoms with Crippen LogP contribution in [-0.2, 0) is 17.8 Å². The van der Waals surface area contributed by atoms with Gasteiger partial charge in [-0.25, -0.2) is 9.48 Å². The number of methoxy groups -OCH3 is 2. The van der Waals surface area contributed by atoms with Crippen LogP contribution in [-0.4, -0.2) is 36.6 Å². The Labute approximate surface area is 162 Å². The first-order chi connectivity index (χ1) is 13.6. The molecule has 0 atom stereocenters. The third-order valence-corrected chi connectivity index (χ3v) is 4.22. The quantitative estimate of drug-likeness (QED) is 0.654. The van der Waals surface area contributed by atoms with Gasteiger partial charge >= 0.3 is 6.03 Å². The lowest BCUT2D eigenvalue weighted by molar-refractivity contribution is 0.181. The molecule has 2 aromatic carbocycles. The van der Waals surface area contributed by atoms with Crippen molar-refractivity contribution < 1.29 is 14.3 Å². The molecule has 2 amide bonds. The van der Waals surface area contributed by atoms with Gasteiger partial charge in [0.2, 0.25) is 0 Å². The Morgan fingerprint density at radius 2 is 1.79 bits per heavy atom. The first kappa shape index (κ1) is 19.4. The van der Waals surface area contributed by atoms with Crippen molar-refractivity contribution in [2.24, 2.45) is 0 Å². The maximum absolute atomic E-state index is 12.6. The zero-order valence-corrected chi connectivity index (χ0v) is 15.8. The van der Waals surface area contributed by atoms with E-state index in [1.165, 1.54) is 4.68 Å². The second kappa shape index (κ2) is 9.01. The predicted molar refractivity (Wildman–Crippen MR) is 107 cm³/mol. The summed E-state index contributed by atoms with van der Waals surface area (Å²) in [7, 11) is 3.15. The topological polar surface area (TPSA) is 94.5 Å². The largest absolute Gasteiger partial charge is 0.497 e. The Hall–Kier alpha value is -3.39. The van der Waals surface area contributed by atoms with E-state index in [2.05, 4.69) is 15.7 Å². The van der Waals surface area contributed by atoms with Crippen LogP contribution in [0, 0.1) is 0 Å². The number of carbonyl (C=O) groups is 1. The normalized spacial score (nSPS) is 10.6. The average molecular weight is 382 g/mol. The highest BCUT2D eigenvalue weighted by atomic mass is 16.5. The van der Waals surface area contributed by atoms with Crippen molar-refractivity contribution in [3.05, 3.63) is 64.6 Å². The Balaban J connectivity index is 1.76. The van der Waals surface area contributed by atoms with Crippen molar-refractivity contribution in [2.75, 3.05) is 26.1 Å². The third-order valence-electron chi connectivity index (χ3n) is 4.22. The van der Waals surface area contributed by atoms with Crippen molar-refractivity contribution >= 4 is 22.5 Å². The minimum atomic E-state index is -0.370. The number of ether oxygens (including phenoxy) is 2. The van der Waals surface area contributed by atoms with Gasteiger partial charge in [-0.1, -0.05) is 18.2 Å². The lowest BCUT2D eigenvalue weighted by Crippen LogP contribution is -2.31. The van der Waals surface area contributed by atoms with Crippen molar-refractivity contribution in [3.8, 4) is 5.75 Å². The average Bonchev–Trinajstić information content (AvgIpc) is 2.73. The standard InChI is InChI=1S/C20H22N4O4/c1-27-12-11-24-19(25)17-6-4-3-5-16(17)18(23-24)13-21-20(26)22-14-7-9-15(28-2)10-8-14/h3-10H,11-13H2,1-2H3,(H2,21,22,26). The van der Waals surface area contributed by atoms with Crippen LogP contribution in [0.25, 0.3) is 10.8 Å². The molecule has 146 valence electrons. The fourth-order valence-electron chi connectivity index (χ4n) is 2.78. The number of amides is 2. The van der Waals surface area contributed by atoms with Crippen molar-refractivity contribution in [1.82, 2.24) is 15.1 Å². The highest BCUT2D eigenvalue weighted by molar-refractivity contribution is 5.90. The van der Waals surface area contributed by atoms with Crippen molar-refractivity contribution in [1.29, 1.82) is 0 Å². The first-order valence-electron chi connectivity index (χ1n) is 8.79. The number of hydrogen-bond donors (Lipinski definition) is 2. The van der Waals surface area contributed by atoms with Crippen LogP contribution in [0.3, 0.4) is 0 Å². The van der Waals surface area contributed by atoms with Crippen LogP contribution < -0.4 is 20.9 Å². The van der Waals surface area contributed by atoms with Gasteiger partial charge in [-0.05, 0) is 30.3 Å². The van der Waals surface area contributed by atoms with Gasteiger partial charge in [0.25, 0.3) is 5.56 Å². The molecule has 0 bridgehead atoms. The summed E-state index contributed by atoms with van der Waals surface area (Å²) in [6.07, 6.45) is 0. The van der Waals surface area contributed by atoms with Crippen LogP contribution in [0.5, 0.6) is 5.75 Å². The van der Waals surface area contributed by atoms with Gasteiger partial charge < -0.3 is 20.1 Å². The number of hydrogen-bond acceptors (Lipinski definition) is 5. The molecule has 8 heteroatoms. The van der Waals surface area contributed by atoms with E-state index in [9.17, 15) is 9.59 Å². The van der Waals surface area contributed by atoms with E-state index in [1.807, 2.05) is 12.1 Å². The Morgan fingerprint density at radius 3 is 2.46 bits per heavy atom. The van der Waals surface area contributed by atoms with Crippen LogP contribution in [0.4, 0.5) is 10.5 Å². The van der Waals surface area contributed by atoms with Crippen molar-refractivity contribution in [3.63, 3.8) is 0 Å². The number of carbonyl (C=O) groups excluding carboxylic acids is 1. The number of nitrogens with zero attached hydrogens (tertiary/aromatic N) is 2. The molecule has 0 saturated carbocycles. The summed E-state index contributed by atoms with van der Waals surface area (Å²) in [5.74, 6) is 0.708. The molecule has 28 heavy (non-hydrogen) atoms. The van der Waals surface area contributed by atoms with Crippen molar-refractivity contribution in [2.45, 2.75) is 13.1 Å². The molecule has 8 nitrogen and oxygen atoms in total. The number of nitrogens with one attached hydrogen (secondary N) is 2. The minimum absolute atomic E-state index is 0.176. The highest BCUT2D eigenvalue weighted by Crippen LogP contribution is 2.15. The van der Waals surface area contributed by atoms with E-state index >= 15 is 0 Å². The van der Waals surface area contributed by atoms with Gasteiger partial charge in [0, 0.05) is 18.2 Å². The molecule has 0 aliphatic rings. The van der Waals surface area contributed by atoms with E-state index in [4.69, 9.17) is 9.47 Å². The summed E-state index contributed by atoms with van der Waals surface area (Å²) in [6, 6.07) is 13.9. The maximum Gasteiger partial charge on any atom is 0.319 e. The molecule has 0 unspecified atom stereocenters. The second-order valence-electron chi connectivity index (χ2n) is 6.05. The van der Waals surface area contributed by atoms with E-state index < -0.39 is 0 Å². The summed E-state index contributed by atoms with van der Waals surface area (Å²) in [4.78, 5) is 24.8. The highest BCUT2D eigenvalue weighted by Gasteiger charge is 2.11. The molecular formula is C20H22N4O4. The fourth-order valence-corrected chi connectivity index (χ4v) is 2.78. The fraction of sp³-hybridized carbons (Fsp3) is 0.250. The summed E-state index contributed by atoms with van der Waals surface area (Å²) >= 11 is 0. The molecule has 0 aliphatic heterocycles. The Morgan fingerprint density at radius 1 is 1.07 bits per heavy atom. The van der Waals surface area contributed by atoms with Gasteiger partial charge in [0.05, 0.1) is 37.9 Å². The predicted octanol–water partition coefficient (Wildman–Crippen LogP) is 2.37. The lowest BCUT2D eigenvalue weighted by atomic mass is 10.1. The minimum Gasteiger partial charge on any atom is -0.497 e. The molecule has 0 spiro atoms. The van der Waals surface area contributed by atoms with Gasteiger partial charge in [-0.3, -0.25) is 4.79 Å². The summed E-state index contributed by atoms with van der Waals surface area (Å²) in [5, 5.41) is 11.2. The van der Waals surface area contributed by atoms with Gasteiger partial charge in [-0.15, -0.1) is 0 Å². The lowest BCUT2D eigenvalue weighted by Gasteiger charge is -2.12. The number of urea groups is 1. The first-order valence-corrected chi connectivity index (χ1v) is 8.79. The smallest absolute Gasteiger partial charge is 0.319 e. The molecule has 0 fully saturated rings. The number of benzene rings is 2. The molecule has 0 aliphatic carbocycles. The van der Waals surface area contributed by atoms with Gasteiger partial charge in [0.1, 0.15) is 5.75 Å². The van der Waals surface area contributed by atoms with Crippen LogP contribution in [0.1, 0.15) is 5.69 Å². The third kappa shape index (κ3) is 4.47. The van der Waals surface area contributed by atoms with Gasteiger partial charge in [-0.2, -0.15) is 5.10 Å².